The molecule has 1 atom stereocenters. The van der Waals surface area contributed by atoms with Crippen LogP contribution in [0.15, 0.2) is 65.1 Å². The van der Waals surface area contributed by atoms with Gasteiger partial charge in [0.05, 0.1) is 11.4 Å². The van der Waals surface area contributed by atoms with Crippen LogP contribution in [0, 0.1) is 0 Å². The van der Waals surface area contributed by atoms with Crippen LogP contribution in [0.4, 0.5) is 0 Å². The second-order valence-corrected chi connectivity index (χ2v) is 8.53. The Bertz CT molecular complexity index is 988. The fraction of sp³-hybridized carbons (Fsp3) is 0.211. The van der Waals surface area contributed by atoms with Crippen LogP contribution in [0.2, 0.25) is 5.02 Å². The van der Waals surface area contributed by atoms with Gasteiger partial charge in [-0.25, -0.2) is 13.5 Å². The Morgan fingerprint density at radius 2 is 1.68 bits per heavy atom. The number of halogens is 1. The van der Waals surface area contributed by atoms with Crippen LogP contribution < -0.4 is 9.46 Å². The van der Waals surface area contributed by atoms with Gasteiger partial charge in [0.1, 0.15) is 17.5 Å². The highest BCUT2D eigenvalue weighted by Gasteiger charge is 2.30. The first kappa shape index (κ1) is 20.3. The van der Waals surface area contributed by atoms with Crippen molar-refractivity contribution in [2.75, 3.05) is 6.54 Å². The highest BCUT2D eigenvalue weighted by molar-refractivity contribution is 7.89. The normalized spacial score (nSPS) is 17.8. The summed E-state index contributed by atoms with van der Waals surface area (Å²) in [4.78, 5) is 12.2. The number of hydrogen-bond donors (Lipinski definition) is 2. The molecule has 0 radical (unpaired) electrons. The van der Waals surface area contributed by atoms with E-state index in [1.54, 1.807) is 37.3 Å². The van der Waals surface area contributed by atoms with Crippen LogP contribution in [0.25, 0.3) is 0 Å². The predicted molar refractivity (Wildman–Crippen MR) is 104 cm³/mol. The number of nitrogens with one attached hydrogen (secondary N) is 1. The minimum atomic E-state index is -3.96. The molecule has 0 saturated carbocycles. The Kier molecular flexibility index (Phi) is 6.04. The molecule has 2 aromatic rings. The maximum Gasteiger partial charge on any atom is 0.264 e. The molecule has 2 aromatic carbocycles. The average molecular weight is 423 g/mol. The summed E-state index contributed by atoms with van der Waals surface area (Å²) in [5, 5.41) is 10.8. The van der Waals surface area contributed by atoms with Crippen molar-refractivity contribution in [2.24, 2.45) is 0 Å². The van der Waals surface area contributed by atoms with Gasteiger partial charge in [-0.15, -0.1) is 0 Å². The lowest BCUT2D eigenvalue weighted by Gasteiger charge is -2.19. The van der Waals surface area contributed by atoms with E-state index < -0.39 is 22.0 Å². The number of rotatable bonds is 5. The predicted octanol–water partition coefficient (Wildman–Crippen LogP) is 3.35. The third kappa shape index (κ3) is 4.90. The monoisotopic (exact) mass is 422 g/mol. The summed E-state index contributed by atoms with van der Waals surface area (Å²) in [7, 11) is -3.96. The first-order valence-electron chi connectivity index (χ1n) is 8.46. The molecule has 2 N–H and O–H groups in total. The second-order valence-electron chi connectivity index (χ2n) is 6.38. The number of ether oxygens (including phenoxy) is 1. The van der Waals surface area contributed by atoms with Crippen molar-refractivity contribution in [3.63, 3.8) is 0 Å². The van der Waals surface area contributed by atoms with Crippen LogP contribution in [-0.4, -0.2) is 37.2 Å². The van der Waals surface area contributed by atoms with E-state index in [-0.39, 0.29) is 17.9 Å². The van der Waals surface area contributed by atoms with Crippen molar-refractivity contribution in [1.29, 1.82) is 0 Å². The number of hydroxylamine groups is 2. The van der Waals surface area contributed by atoms with Gasteiger partial charge < -0.3 is 4.74 Å². The molecule has 1 unspecified atom stereocenters. The number of nitrogens with zero attached hydrogens (tertiary/aromatic N) is 1. The van der Waals surface area contributed by atoms with Crippen molar-refractivity contribution in [1.82, 2.24) is 9.79 Å². The van der Waals surface area contributed by atoms with E-state index in [9.17, 15) is 18.4 Å². The molecule has 1 aliphatic rings. The standard InChI is InChI=1S/C19H19ClN2O5S/c1-13-2-11-18(19(23)22(24)12-13)21-28(25,26)17-9-7-16(8-10-17)27-15-5-3-14(20)4-6-15/h2-10,18,21,24H,11-12H2,1H3. The number of carbonyl (C=O) groups is 1. The van der Waals surface area contributed by atoms with Gasteiger partial charge in [0.2, 0.25) is 10.0 Å². The van der Waals surface area contributed by atoms with Gasteiger partial charge in [0.15, 0.2) is 0 Å². The molecule has 0 spiro atoms. The van der Waals surface area contributed by atoms with E-state index >= 15 is 0 Å². The van der Waals surface area contributed by atoms with Crippen molar-refractivity contribution in [3.05, 3.63) is 65.2 Å². The molecule has 9 heteroatoms. The zero-order valence-electron chi connectivity index (χ0n) is 15.0. The number of amides is 1. The summed E-state index contributed by atoms with van der Waals surface area (Å²) < 4.78 is 33.2. The molecule has 0 bridgehead atoms. The molecule has 0 saturated heterocycles. The Morgan fingerprint density at radius 3 is 2.29 bits per heavy atom. The van der Waals surface area contributed by atoms with Gasteiger partial charge in [0.25, 0.3) is 5.91 Å². The second kappa shape index (κ2) is 8.32. The molecule has 1 amide bonds. The van der Waals surface area contributed by atoms with Gasteiger partial charge in [-0.3, -0.25) is 10.0 Å². The lowest BCUT2D eigenvalue weighted by Crippen LogP contribution is -2.46. The van der Waals surface area contributed by atoms with Crippen LogP contribution in [-0.2, 0) is 14.8 Å². The van der Waals surface area contributed by atoms with Crippen LogP contribution in [0.1, 0.15) is 13.3 Å². The molecular formula is C19H19ClN2O5S. The molecule has 28 heavy (non-hydrogen) atoms. The lowest BCUT2D eigenvalue weighted by atomic mass is 10.2. The van der Waals surface area contributed by atoms with Crippen molar-refractivity contribution in [3.8, 4) is 11.5 Å². The third-order valence-corrected chi connectivity index (χ3v) is 5.87. The first-order valence-corrected chi connectivity index (χ1v) is 10.3. The Labute approximate surface area is 168 Å². The topological polar surface area (TPSA) is 95.9 Å². The molecule has 1 aliphatic heterocycles. The van der Waals surface area contributed by atoms with Crippen LogP contribution >= 0.6 is 11.6 Å². The van der Waals surface area contributed by atoms with Gasteiger partial charge in [-0.05, 0) is 61.9 Å². The third-order valence-electron chi connectivity index (χ3n) is 4.13. The Morgan fingerprint density at radius 1 is 1.11 bits per heavy atom. The Hall–Kier alpha value is -2.39. The summed E-state index contributed by atoms with van der Waals surface area (Å²) in [6.07, 6.45) is 1.89. The van der Waals surface area contributed by atoms with Crippen LogP contribution in [0.3, 0.4) is 0 Å². The first-order chi connectivity index (χ1) is 13.2. The summed E-state index contributed by atoms with van der Waals surface area (Å²) in [6, 6.07) is 11.5. The van der Waals surface area contributed by atoms with Crippen molar-refractivity contribution < 1.29 is 23.2 Å². The fourth-order valence-corrected chi connectivity index (χ4v) is 3.99. The molecule has 7 nitrogen and oxygen atoms in total. The fourth-order valence-electron chi connectivity index (χ4n) is 2.66. The average Bonchev–Trinajstić information content (AvgIpc) is 2.77. The molecule has 3 rings (SSSR count). The maximum atomic E-state index is 12.6. The Balaban J connectivity index is 1.73. The van der Waals surface area contributed by atoms with Crippen molar-refractivity contribution in [2.45, 2.75) is 24.3 Å². The molecule has 0 aliphatic carbocycles. The van der Waals surface area contributed by atoms with E-state index in [0.29, 0.717) is 21.6 Å². The molecule has 1 heterocycles. The SMILES string of the molecule is CC1=CCC(NS(=O)(=O)c2ccc(Oc3ccc(Cl)cc3)cc2)C(=O)N(O)C1. The highest BCUT2D eigenvalue weighted by Crippen LogP contribution is 2.24. The van der Waals surface area contributed by atoms with E-state index in [4.69, 9.17) is 16.3 Å². The summed E-state index contributed by atoms with van der Waals surface area (Å²) in [6.45, 7) is 1.81. The lowest BCUT2D eigenvalue weighted by molar-refractivity contribution is -0.164. The smallest absolute Gasteiger partial charge is 0.264 e. The van der Waals surface area contributed by atoms with E-state index in [2.05, 4.69) is 4.72 Å². The summed E-state index contributed by atoms with van der Waals surface area (Å²) >= 11 is 5.83. The number of benzene rings is 2. The number of hydrogen-bond acceptors (Lipinski definition) is 5. The minimum Gasteiger partial charge on any atom is -0.457 e. The maximum absolute atomic E-state index is 12.6. The molecule has 0 aromatic heterocycles. The molecule has 148 valence electrons. The van der Waals surface area contributed by atoms with E-state index in [1.807, 2.05) is 0 Å². The van der Waals surface area contributed by atoms with E-state index in [0.717, 1.165) is 5.57 Å². The highest BCUT2D eigenvalue weighted by atomic mass is 35.5. The van der Waals surface area contributed by atoms with Gasteiger partial charge in [0, 0.05) is 5.02 Å². The van der Waals surface area contributed by atoms with Gasteiger partial charge in [-0.2, -0.15) is 4.72 Å². The van der Waals surface area contributed by atoms with Gasteiger partial charge >= 0.3 is 0 Å². The molecular weight excluding hydrogens is 404 g/mol. The zero-order valence-corrected chi connectivity index (χ0v) is 16.6. The summed E-state index contributed by atoms with van der Waals surface area (Å²) in [5.41, 5.74) is 0.779. The minimum absolute atomic E-state index is 0.0156. The quantitative estimate of drug-likeness (QED) is 0.569. The number of carbonyl (C=O) groups excluding carboxylic acids is 1. The largest absolute Gasteiger partial charge is 0.457 e. The van der Waals surface area contributed by atoms with Crippen molar-refractivity contribution >= 4 is 27.5 Å². The summed E-state index contributed by atoms with van der Waals surface area (Å²) in [5.74, 6) is 0.318. The van der Waals surface area contributed by atoms with E-state index in [1.165, 1.54) is 24.3 Å². The molecule has 0 fully saturated rings. The number of sulfonamides is 1. The van der Waals surface area contributed by atoms with Crippen LogP contribution in [0.5, 0.6) is 11.5 Å². The van der Waals surface area contributed by atoms with Gasteiger partial charge in [-0.1, -0.05) is 23.3 Å². The zero-order chi connectivity index (χ0) is 20.3.